The molecule has 0 rings (SSSR count). The van der Waals surface area contributed by atoms with Crippen molar-refractivity contribution in [3.05, 3.63) is 0 Å². The number of hydrogen-bond donors (Lipinski definition) is 1. The van der Waals surface area contributed by atoms with Crippen molar-refractivity contribution in [2.75, 3.05) is 39.2 Å². The van der Waals surface area contributed by atoms with Gasteiger partial charge in [-0.1, -0.05) is 0 Å². The molecule has 2 atom stereocenters. The van der Waals surface area contributed by atoms with Crippen LogP contribution in [0.15, 0.2) is 0 Å². The van der Waals surface area contributed by atoms with Gasteiger partial charge in [0.1, 0.15) is 0 Å². The van der Waals surface area contributed by atoms with Crippen LogP contribution in [0.1, 0.15) is 6.92 Å². The van der Waals surface area contributed by atoms with Crippen LogP contribution in [0.3, 0.4) is 0 Å². The van der Waals surface area contributed by atoms with Crippen LogP contribution in [0.2, 0.25) is 0 Å². The molecule has 2 unspecified atom stereocenters. The molecule has 12 heavy (non-hydrogen) atoms. The van der Waals surface area contributed by atoms with Crippen LogP contribution in [0.5, 0.6) is 0 Å². The number of rotatable bonds is 6. The minimum absolute atomic E-state index is 0.357. The highest BCUT2D eigenvalue weighted by atomic mass is 32.2. The molecule has 74 valence electrons. The second kappa shape index (κ2) is 6.57. The molecule has 0 aromatic carbocycles. The van der Waals surface area contributed by atoms with Gasteiger partial charge >= 0.3 is 0 Å². The zero-order chi connectivity index (χ0) is 9.56. The third-order valence-electron chi connectivity index (χ3n) is 1.54. The summed E-state index contributed by atoms with van der Waals surface area (Å²) in [4.78, 5) is 2.13. The summed E-state index contributed by atoms with van der Waals surface area (Å²) in [6, 6.07) is 0.357. The van der Waals surface area contributed by atoms with Crippen LogP contribution < -0.4 is 5.32 Å². The smallest absolute Gasteiger partial charge is 0.0383 e. The topological polar surface area (TPSA) is 32.3 Å². The zero-order valence-corrected chi connectivity index (χ0v) is 9.28. The van der Waals surface area contributed by atoms with E-state index in [0.29, 0.717) is 6.04 Å². The van der Waals surface area contributed by atoms with Crippen molar-refractivity contribution in [3.8, 4) is 0 Å². The fourth-order valence-corrected chi connectivity index (χ4v) is 1.77. The summed E-state index contributed by atoms with van der Waals surface area (Å²) in [5.41, 5.74) is 0. The Kier molecular flexibility index (Phi) is 6.61. The lowest BCUT2D eigenvalue weighted by Gasteiger charge is -2.14. The van der Waals surface area contributed by atoms with Gasteiger partial charge in [-0.25, -0.2) is 0 Å². The van der Waals surface area contributed by atoms with Gasteiger partial charge in [0.15, 0.2) is 0 Å². The second-order valence-electron chi connectivity index (χ2n) is 3.40. The molecule has 0 bridgehead atoms. The Balaban J connectivity index is 3.31. The first-order valence-corrected chi connectivity index (χ1v) is 5.93. The van der Waals surface area contributed by atoms with Gasteiger partial charge in [-0.15, -0.1) is 0 Å². The van der Waals surface area contributed by atoms with Crippen molar-refractivity contribution < 1.29 is 4.21 Å². The minimum Gasteiger partial charge on any atom is -0.312 e. The fraction of sp³-hybridized carbons (Fsp3) is 1.00. The molecule has 0 saturated heterocycles. The van der Waals surface area contributed by atoms with Gasteiger partial charge in [0, 0.05) is 41.9 Å². The lowest BCUT2D eigenvalue weighted by atomic mass is 10.4. The summed E-state index contributed by atoms with van der Waals surface area (Å²) >= 11 is 0. The summed E-state index contributed by atoms with van der Waals surface area (Å²) in [5, 5.41) is 3.31. The molecule has 1 N–H and O–H groups in total. The Hall–Kier alpha value is 0.0700. The molecular weight excluding hydrogens is 172 g/mol. The Bertz CT molecular complexity index is 139. The van der Waals surface area contributed by atoms with Gasteiger partial charge in [0.2, 0.25) is 0 Å². The third kappa shape index (κ3) is 8.17. The van der Waals surface area contributed by atoms with Crippen molar-refractivity contribution in [1.82, 2.24) is 10.2 Å². The van der Waals surface area contributed by atoms with Crippen LogP contribution in [0, 0.1) is 0 Å². The number of nitrogens with zero attached hydrogens (tertiary/aromatic N) is 1. The molecule has 3 nitrogen and oxygen atoms in total. The van der Waals surface area contributed by atoms with Crippen LogP contribution in [0.25, 0.3) is 0 Å². The molecule has 0 aliphatic heterocycles. The van der Waals surface area contributed by atoms with Crippen molar-refractivity contribution in [3.63, 3.8) is 0 Å². The molecule has 0 fully saturated rings. The first kappa shape index (κ1) is 12.1. The monoisotopic (exact) mass is 192 g/mol. The molecule has 0 spiro atoms. The van der Waals surface area contributed by atoms with Crippen LogP contribution in [-0.2, 0) is 10.8 Å². The SMILES string of the molecule is CC(CS(C)=O)NCCN(C)C. The standard InChI is InChI=1S/C8H20N2OS/c1-8(7-12(4)11)9-5-6-10(2)3/h8-9H,5-7H2,1-4H3. The maximum absolute atomic E-state index is 10.8. The Morgan fingerprint density at radius 2 is 2.08 bits per heavy atom. The van der Waals surface area contributed by atoms with E-state index in [0.717, 1.165) is 18.8 Å². The predicted octanol–water partition coefficient (Wildman–Crippen LogP) is -0.0954. The predicted molar refractivity (Wildman–Crippen MR) is 55.0 cm³/mol. The van der Waals surface area contributed by atoms with Crippen LogP contribution >= 0.6 is 0 Å². The average molecular weight is 192 g/mol. The number of hydrogen-bond acceptors (Lipinski definition) is 3. The largest absolute Gasteiger partial charge is 0.312 e. The molecule has 0 radical (unpaired) electrons. The first-order chi connectivity index (χ1) is 5.52. The van der Waals surface area contributed by atoms with E-state index in [2.05, 4.69) is 17.1 Å². The highest BCUT2D eigenvalue weighted by Gasteiger charge is 2.02. The first-order valence-electron chi connectivity index (χ1n) is 4.20. The second-order valence-corrected chi connectivity index (χ2v) is 4.88. The number of nitrogens with one attached hydrogen (secondary N) is 1. The Morgan fingerprint density at radius 3 is 2.50 bits per heavy atom. The molecular formula is C8H20N2OS. The molecule has 0 amide bonds. The summed E-state index contributed by atoms with van der Waals surface area (Å²) in [6.07, 6.45) is 1.74. The Labute approximate surface area is 78.0 Å². The van der Waals surface area contributed by atoms with E-state index in [1.54, 1.807) is 6.26 Å². The normalized spacial score (nSPS) is 16.4. The van der Waals surface area contributed by atoms with Gasteiger partial charge < -0.3 is 10.2 Å². The highest BCUT2D eigenvalue weighted by Crippen LogP contribution is 1.84. The van der Waals surface area contributed by atoms with E-state index in [1.807, 2.05) is 14.1 Å². The molecule has 0 heterocycles. The third-order valence-corrected chi connectivity index (χ3v) is 2.51. The molecule has 0 aliphatic rings. The van der Waals surface area contributed by atoms with Gasteiger partial charge in [-0.3, -0.25) is 4.21 Å². The Morgan fingerprint density at radius 1 is 1.50 bits per heavy atom. The van der Waals surface area contributed by atoms with E-state index in [-0.39, 0.29) is 0 Å². The van der Waals surface area contributed by atoms with Crippen molar-refractivity contribution >= 4 is 10.8 Å². The summed E-state index contributed by atoms with van der Waals surface area (Å²) < 4.78 is 10.8. The quantitative estimate of drug-likeness (QED) is 0.638. The van der Waals surface area contributed by atoms with E-state index in [4.69, 9.17) is 0 Å². The van der Waals surface area contributed by atoms with E-state index < -0.39 is 10.8 Å². The summed E-state index contributed by atoms with van der Waals surface area (Å²) in [5.74, 6) is 0.743. The van der Waals surface area contributed by atoms with Gasteiger partial charge in [-0.05, 0) is 21.0 Å². The zero-order valence-electron chi connectivity index (χ0n) is 8.46. The van der Waals surface area contributed by atoms with Crippen molar-refractivity contribution in [2.45, 2.75) is 13.0 Å². The van der Waals surface area contributed by atoms with E-state index in [1.165, 1.54) is 0 Å². The minimum atomic E-state index is -0.686. The number of likely N-dealkylation sites (N-methyl/N-ethyl adjacent to an activating group) is 1. The van der Waals surface area contributed by atoms with Crippen molar-refractivity contribution in [1.29, 1.82) is 0 Å². The lowest BCUT2D eigenvalue weighted by Crippen LogP contribution is -2.35. The highest BCUT2D eigenvalue weighted by molar-refractivity contribution is 7.84. The fourth-order valence-electron chi connectivity index (χ4n) is 0.946. The van der Waals surface area contributed by atoms with E-state index >= 15 is 0 Å². The lowest BCUT2D eigenvalue weighted by molar-refractivity contribution is 0.392. The molecule has 0 aliphatic carbocycles. The van der Waals surface area contributed by atoms with Crippen molar-refractivity contribution in [2.24, 2.45) is 0 Å². The van der Waals surface area contributed by atoms with E-state index in [9.17, 15) is 4.21 Å². The molecule has 0 aromatic heterocycles. The summed E-state index contributed by atoms with van der Waals surface area (Å²) in [6.45, 7) is 4.06. The summed E-state index contributed by atoms with van der Waals surface area (Å²) in [7, 11) is 3.41. The van der Waals surface area contributed by atoms with Gasteiger partial charge in [0.25, 0.3) is 0 Å². The molecule has 0 saturated carbocycles. The van der Waals surface area contributed by atoms with Crippen LogP contribution in [0.4, 0.5) is 0 Å². The average Bonchev–Trinajstić information content (AvgIpc) is 1.84. The maximum Gasteiger partial charge on any atom is 0.0383 e. The van der Waals surface area contributed by atoms with Gasteiger partial charge in [0.05, 0.1) is 0 Å². The maximum atomic E-state index is 10.8. The van der Waals surface area contributed by atoms with Gasteiger partial charge in [-0.2, -0.15) is 0 Å². The molecule has 4 heteroatoms. The molecule has 0 aromatic rings. The van der Waals surface area contributed by atoms with Crippen LogP contribution in [-0.4, -0.2) is 54.3 Å².